The smallest absolute Gasteiger partial charge is 0.238 e. The highest BCUT2D eigenvalue weighted by atomic mass is 15.2. The topological polar surface area (TPSA) is 60.6 Å². The Morgan fingerprint density at radius 3 is 1.93 bits per heavy atom. The van der Waals surface area contributed by atoms with Crippen LogP contribution >= 0.6 is 0 Å². The summed E-state index contributed by atoms with van der Waals surface area (Å²) in [5.74, 6) is 1.82. The molecule has 288 valence electrons. The van der Waals surface area contributed by atoms with E-state index in [-0.39, 0.29) is 6.04 Å². The minimum absolute atomic E-state index is 0.0212. The number of aryl methyl sites for hydroxylation is 1. The summed E-state index contributed by atoms with van der Waals surface area (Å²) in [5, 5.41) is 8.63. The number of nitrogens with one attached hydrogen (secondary N) is 1. The summed E-state index contributed by atoms with van der Waals surface area (Å²) in [6.45, 7) is 2.27. The standard InChI is InChI=1S/C54H42N6/c1-2-3-19-39-35-44-42-28-13-15-32-47(42)59(41-26-11-6-12-27-41)50(44)51-49(39)43-29-14-16-33-48(43)60(51)54-57-52(37-22-9-5-10-23-37)56-53(58-54)40-25-17-24-38(34-40)46-31-18-30-45(55-46)36-20-7-4-8-21-36/h4-18,20-35,46,55H,2-3,19H2,1H3. The first kappa shape index (κ1) is 35.6. The molecular formula is C54H42N6. The highest BCUT2D eigenvalue weighted by Gasteiger charge is 2.26. The van der Waals surface area contributed by atoms with Gasteiger partial charge in [0.2, 0.25) is 5.95 Å². The normalized spacial score (nSPS) is 13.9. The minimum atomic E-state index is -0.0212. The van der Waals surface area contributed by atoms with Crippen molar-refractivity contribution in [3.05, 3.63) is 205 Å². The Morgan fingerprint density at radius 1 is 0.550 bits per heavy atom. The second-order valence-electron chi connectivity index (χ2n) is 15.5. The number of benzene rings is 7. The maximum atomic E-state index is 5.46. The van der Waals surface area contributed by atoms with Crippen molar-refractivity contribution in [1.82, 2.24) is 29.4 Å². The highest BCUT2D eigenvalue weighted by Crippen LogP contribution is 2.44. The van der Waals surface area contributed by atoms with Gasteiger partial charge in [0.15, 0.2) is 11.6 Å². The molecule has 0 saturated carbocycles. The van der Waals surface area contributed by atoms with Gasteiger partial charge >= 0.3 is 0 Å². The van der Waals surface area contributed by atoms with Gasteiger partial charge in [0.25, 0.3) is 0 Å². The van der Waals surface area contributed by atoms with Gasteiger partial charge in [0, 0.05) is 44.1 Å². The van der Waals surface area contributed by atoms with E-state index in [2.05, 4.69) is 185 Å². The van der Waals surface area contributed by atoms with E-state index in [0.29, 0.717) is 17.6 Å². The summed E-state index contributed by atoms with van der Waals surface area (Å²) in [7, 11) is 0. The van der Waals surface area contributed by atoms with E-state index in [9.17, 15) is 0 Å². The number of fused-ring (bicyclic) bond motifs is 7. The number of dihydropyridines is 1. The molecule has 7 aromatic carbocycles. The fourth-order valence-electron chi connectivity index (χ4n) is 9.00. The van der Waals surface area contributed by atoms with Crippen LogP contribution in [-0.4, -0.2) is 24.1 Å². The third kappa shape index (κ3) is 6.07. The van der Waals surface area contributed by atoms with Crippen LogP contribution < -0.4 is 5.32 Å². The van der Waals surface area contributed by atoms with E-state index in [1.807, 2.05) is 24.3 Å². The Labute approximate surface area is 348 Å². The first-order chi connectivity index (χ1) is 29.7. The van der Waals surface area contributed by atoms with Crippen molar-refractivity contribution in [2.45, 2.75) is 32.2 Å². The average molecular weight is 775 g/mol. The Hall–Kier alpha value is -7.57. The molecule has 0 spiro atoms. The molecule has 11 rings (SSSR count). The van der Waals surface area contributed by atoms with Crippen molar-refractivity contribution >= 4 is 49.3 Å². The summed E-state index contributed by atoms with van der Waals surface area (Å²) in [4.78, 5) is 16.1. The molecule has 0 amide bonds. The quantitative estimate of drug-likeness (QED) is 0.159. The van der Waals surface area contributed by atoms with Crippen LogP contribution in [0.5, 0.6) is 0 Å². The van der Waals surface area contributed by atoms with Gasteiger partial charge in [-0.15, -0.1) is 0 Å². The molecule has 1 aliphatic rings. The molecule has 6 heteroatoms. The number of hydrogen-bond acceptors (Lipinski definition) is 4. The monoisotopic (exact) mass is 774 g/mol. The third-order valence-electron chi connectivity index (χ3n) is 11.8. The lowest BCUT2D eigenvalue weighted by atomic mass is 9.98. The molecule has 0 saturated heterocycles. The van der Waals surface area contributed by atoms with Gasteiger partial charge < -0.3 is 9.88 Å². The van der Waals surface area contributed by atoms with Gasteiger partial charge in [-0.05, 0) is 72.0 Å². The number of aromatic nitrogens is 5. The first-order valence-corrected chi connectivity index (χ1v) is 20.9. The van der Waals surface area contributed by atoms with Crippen LogP contribution in [0.25, 0.3) is 83.7 Å². The zero-order chi connectivity index (χ0) is 40.0. The highest BCUT2D eigenvalue weighted by molar-refractivity contribution is 6.24. The van der Waals surface area contributed by atoms with Gasteiger partial charge in [-0.3, -0.25) is 4.57 Å². The Bertz CT molecular complexity index is 3270. The predicted molar refractivity (Wildman–Crippen MR) is 247 cm³/mol. The van der Waals surface area contributed by atoms with Crippen LogP contribution in [-0.2, 0) is 6.42 Å². The van der Waals surface area contributed by atoms with E-state index in [1.165, 1.54) is 32.6 Å². The van der Waals surface area contributed by atoms with Crippen LogP contribution in [0.4, 0.5) is 0 Å². The lowest BCUT2D eigenvalue weighted by Crippen LogP contribution is -2.20. The summed E-state index contributed by atoms with van der Waals surface area (Å²) >= 11 is 0. The van der Waals surface area contributed by atoms with Crippen molar-refractivity contribution in [1.29, 1.82) is 0 Å². The molecule has 0 fully saturated rings. The predicted octanol–water partition coefficient (Wildman–Crippen LogP) is 13.0. The molecule has 0 radical (unpaired) electrons. The fourth-order valence-corrected chi connectivity index (χ4v) is 9.00. The summed E-state index contributed by atoms with van der Waals surface area (Å²) in [6.07, 6.45) is 9.64. The molecule has 1 N–H and O–H groups in total. The van der Waals surface area contributed by atoms with E-state index in [0.717, 1.165) is 69.5 Å². The number of unbranched alkanes of at least 4 members (excludes halogenated alkanes) is 1. The van der Waals surface area contributed by atoms with Crippen molar-refractivity contribution in [2.75, 3.05) is 0 Å². The zero-order valence-corrected chi connectivity index (χ0v) is 33.3. The Morgan fingerprint density at radius 2 is 1.18 bits per heavy atom. The van der Waals surface area contributed by atoms with Crippen molar-refractivity contribution < 1.29 is 0 Å². The van der Waals surface area contributed by atoms with E-state index < -0.39 is 0 Å². The van der Waals surface area contributed by atoms with E-state index >= 15 is 0 Å². The van der Waals surface area contributed by atoms with E-state index in [1.54, 1.807) is 0 Å². The summed E-state index contributed by atoms with van der Waals surface area (Å²) in [6, 6.07) is 60.0. The SMILES string of the molecule is CCCCc1cc2c3ccccc3n(-c3ccccc3)c2c2c1c1ccccc1n2-c1nc(-c2ccccc2)nc(-c2cccc(C3C=CC=C(c4ccccc4)N3)c2)n1. The third-order valence-corrected chi connectivity index (χ3v) is 11.8. The average Bonchev–Trinajstić information content (AvgIpc) is 3.85. The molecular weight excluding hydrogens is 733 g/mol. The Kier molecular flexibility index (Phi) is 8.89. The van der Waals surface area contributed by atoms with Crippen LogP contribution in [0.2, 0.25) is 0 Å². The molecule has 1 atom stereocenters. The second kappa shape index (κ2) is 15.0. The largest absolute Gasteiger partial charge is 0.374 e. The van der Waals surface area contributed by atoms with E-state index in [4.69, 9.17) is 15.0 Å². The van der Waals surface area contributed by atoms with Crippen molar-refractivity contribution in [2.24, 2.45) is 0 Å². The molecule has 3 aromatic heterocycles. The molecule has 1 unspecified atom stereocenters. The molecule has 10 aromatic rings. The summed E-state index contributed by atoms with van der Waals surface area (Å²) in [5.41, 5.74) is 12.1. The lowest BCUT2D eigenvalue weighted by molar-refractivity contribution is 0.764. The number of rotatable bonds is 9. The first-order valence-electron chi connectivity index (χ1n) is 20.9. The maximum absolute atomic E-state index is 5.46. The van der Waals surface area contributed by atoms with Gasteiger partial charge in [-0.1, -0.05) is 159 Å². The number of para-hydroxylation sites is 3. The van der Waals surface area contributed by atoms with Gasteiger partial charge in [-0.2, -0.15) is 9.97 Å². The summed E-state index contributed by atoms with van der Waals surface area (Å²) < 4.78 is 4.74. The van der Waals surface area contributed by atoms with Gasteiger partial charge in [-0.25, -0.2) is 4.98 Å². The van der Waals surface area contributed by atoms with Crippen molar-refractivity contribution in [3.63, 3.8) is 0 Å². The van der Waals surface area contributed by atoms with Gasteiger partial charge in [0.05, 0.1) is 28.1 Å². The van der Waals surface area contributed by atoms with Gasteiger partial charge in [0.1, 0.15) is 0 Å². The molecule has 4 heterocycles. The Balaban J connectivity index is 1.19. The fraction of sp³-hybridized carbons (Fsp3) is 0.0926. The van der Waals surface area contributed by atoms with Crippen molar-refractivity contribution in [3.8, 4) is 34.4 Å². The number of allylic oxidation sites excluding steroid dienone is 2. The van der Waals surface area contributed by atoms with Crippen LogP contribution in [0.3, 0.4) is 0 Å². The maximum Gasteiger partial charge on any atom is 0.238 e. The van der Waals surface area contributed by atoms with Crippen LogP contribution in [0, 0.1) is 0 Å². The van der Waals surface area contributed by atoms with Crippen LogP contribution in [0.15, 0.2) is 188 Å². The molecule has 1 aliphatic heterocycles. The molecule has 0 bridgehead atoms. The molecule has 0 aliphatic carbocycles. The lowest BCUT2D eigenvalue weighted by Gasteiger charge is -2.23. The second-order valence-corrected chi connectivity index (χ2v) is 15.5. The molecule has 60 heavy (non-hydrogen) atoms. The van der Waals surface area contributed by atoms with Crippen LogP contribution in [0.1, 0.15) is 42.5 Å². The zero-order valence-electron chi connectivity index (χ0n) is 33.3. The molecule has 6 nitrogen and oxygen atoms in total. The number of hydrogen-bond donors (Lipinski definition) is 1. The minimum Gasteiger partial charge on any atom is -0.374 e. The number of nitrogens with zero attached hydrogens (tertiary/aromatic N) is 5.